The number of likely N-dealkylation sites (N-methyl/N-ethyl adjacent to an activating group) is 1. The Kier molecular flexibility index (Phi) is 7.21. The lowest BCUT2D eigenvalue weighted by Crippen LogP contribution is -2.44. The summed E-state index contributed by atoms with van der Waals surface area (Å²) in [4.78, 5) is 24.6. The summed E-state index contributed by atoms with van der Waals surface area (Å²) in [5.41, 5.74) is -0.514. The molecule has 0 aromatic carbocycles. The van der Waals surface area contributed by atoms with Crippen molar-refractivity contribution in [1.82, 2.24) is 19.8 Å². The van der Waals surface area contributed by atoms with Crippen LogP contribution in [-0.2, 0) is 4.74 Å². The topological polar surface area (TPSA) is 101 Å². The summed E-state index contributed by atoms with van der Waals surface area (Å²) in [5, 5.41) is 9.32. The lowest BCUT2D eigenvalue weighted by Gasteiger charge is -2.33. The highest BCUT2D eigenvalue weighted by molar-refractivity contribution is 5.68. The van der Waals surface area contributed by atoms with E-state index in [0.29, 0.717) is 43.7 Å². The second kappa shape index (κ2) is 9.69. The van der Waals surface area contributed by atoms with Gasteiger partial charge in [0.25, 0.3) is 0 Å². The first kappa shape index (κ1) is 23.1. The Morgan fingerprint density at radius 1 is 1.19 bits per heavy atom. The Morgan fingerprint density at radius 3 is 2.45 bits per heavy atom. The SMILES string of the molecule is C[C@H](Oc1cc(OC2CCN(C(=O)OC(C)(C)C)CC2)nc(C#N)n1)[C@@H]1CCCN1C. The molecule has 3 heterocycles. The molecule has 2 saturated heterocycles. The van der Waals surface area contributed by atoms with E-state index in [0.717, 1.165) is 19.4 Å². The minimum Gasteiger partial charge on any atom is -0.474 e. The number of carbonyl (C=O) groups excluding carboxylic acids is 1. The van der Waals surface area contributed by atoms with Crippen molar-refractivity contribution in [3.8, 4) is 17.8 Å². The van der Waals surface area contributed by atoms with Gasteiger partial charge in [-0.15, -0.1) is 0 Å². The van der Waals surface area contributed by atoms with Gasteiger partial charge >= 0.3 is 6.09 Å². The molecule has 0 N–H and O–H groups in total. The number of hydrogen-bond donors (Lipinski definition) is 0. The average molecular weight is 432 g/mol. The molecular formula is C22H33N5O4. The lowest BCUT2D eigenvalue weighted by atomic mass is 10.1. The number of aromatic nitrogens is 2. The maximum Gasteiger partial charge on any atom is 0.410 e. The second-order valence-electron chi connectivity index (χ2n) is 9.28. The van der Waals surface area contributed by atoms with Gasteiger partial charge in [-0.1, -0.05) is 0 Å². The fourth-order valence-electron chi connectivity index (χ4n) is 4.03. The zero-order chi connectivity index (χ0) is 22.6. The zero-order valence-electron chi connectivity index (χ0n) is 19.1. The second-order valence-corrected chi connectivity index (χ2v) is 9.28. The largest absolute Gasteiger partial charge is 0.474 e. The predicted molar refractivity (Wildman–Crippen MR) is 114 cm³/mol. The van der Waals surface area contributed by atoms with Crippen molar-refractivity contribution in [2.75, 3.05) is 26.7 Å². The number of amides is 1. The van der Waals surface area contributed by atoms with E-state index < -0.39 is 5.60 Å². The third kappa shape index (κ3) is 6.44. The van der Waals surface area contributed by atoms with Gasteiger partial charge in [0.05, 0.1) is 6.07 Å². The molecular weight excluding hydrogens is 398 g/mol. The molecule has 0 spiro atoms. The summed E-state index contributed by atoms with van der Waals surface area (Å²) in [7, 11) is 2.09. The smallest absolute Gasteiger partial charge is 0.410 e. The molecule has 9 heteroatoms. The van der Waals surface area contributed by atoms with E-state index in [1.807, 2.05) is 33.8 Å². The van der Waals surface area contributed by atoms with Gasteiger partial charge < -0.3 is 19.1 Å². The molecule has 170 valence electrons. The van der Waals surface area contributed by atoms with Crippen LogP contribution in [0, 0.1) is 11.3 Å². The Bertz CT molecular complexity index is 811. The molecule has 2 aliphatic heterocycles. The Morgan fingerprint density at radius 2 is 1.87 bits per heavy atom. The third-order valence-corrected chi connectivity index (χ3v) is 5.59. The van der Waals surface area contributed by atoms with Gasteiger partial charge in [-0.3, -0.25) is 4.90 Å². The molecule has 9 nitrogen and oxygen atoms in total. The maximum absolute atomic E-state index is 12.2. The standard InChI is InChI=1S/C22H33N5O4/c1-15(17-7-6-10-26(17)5)29-19-13-20(25-18(14-23)24-19)30-16-8-11-27(12-9-16)21(28)31-22(2,3)4/h13,15-17H,6-12H2,1-5H3/t15-,17-/m0/s1. The fourth-order valence-corrected chi connectivity index (χ4v) is 4.03. The first-order chi connectivity index (χ1) is 14.6. The van der Waals surface area contributed by atoms with Crippen LogP contribution in [0.15, 0.2) is 6.07 Å². The van der Waals surface area contributed by atoms with Crippen molar-refractivity contribution >= 4 is 6.09 Å². The number of nitrogens with zero attached hydrogens (tertiary/aromatic N) is 5. The van der Waals surface area contributed by atoms with Crippen molar-refractivity contribution < 1.29 is 19.0 Å². The van der Waals surface area contributed by atoms with Gasteiger partial charge in [-0.05, 0) is 54.1 Å². The number of nitriles is 1. The Labute approximate surface area is 184 Å². The van der Waals surface area contributed by atoms with E-state index in [2.05, 4.69) is 21.9 Å². The molecule has 0 aliphatic carbocycles. The molecule has 3 rings (SSSR count). The van der Waals surface area contributed by atoms with Crippen LogP contribution in [0.4, 0.5) is 4.79 Å². The normalized spacial score (nSPS) is 21.4. The van der Waals surface area contributed by atoms with E-state index >= 15 is 0 Å². The van der Waals surface area contributed by atoms with E-state index in [9.17, 15) is 10.1 Å². The monoisotopic (exact) mass is 431 g/mol. The number of hydrogen-bond acceptors (Lipinski definition) is 8. The molecule has 2 aliphatic rings. The van der Waals surface area contributed by atoms with E-state index in [1.165, 1.54) is 0 Å². The van der Waals surface area contributed by atoms with Gasteiger partial charge in [-0.2, -0.15) is 15.2 Å². The van der Waals surface area contributed by atoms with Gasteiger partial charge in [0, 0.05) is 32.0 Å². The molecule has 1 aromatic heterocycles. The predicted octanol–water partition coefficient (Wildman–Crippen LogP) is 2.99. The molecule has 31 heavy (non-hydrogen) atoms. The van der Waals surface area contributed by atoms with E-state index in [-0.39, 0.29) is 24.1 Å². The number of ether oxygens (including phenoxy) is 3. The van der Waals surface area contributed by atoms with Crippen LogP contribution in [0.3, 0.4) is 0 Å². The van der Waals surface area contributed by atoms with Crippen LogP contribution in [0.5, 0.6) is 11.8 Å². The third-order valence-electron chi connectivity index (χ3n) is 5.59. The van der Waals surface area contributed by atoms with Crippen LogP contribution in [0.2, 0.25) is 0 Å². The summed E-state index contributed by atoms with van der Waals surface area (Å²) in [6, 6.07) is 3.94. The summed E-state index contributed by atoms with van der Waals surface area (Å²) < 4.78 is 17.5. The van der Waals surface area contributed by atoms with E-state index in [1.54, 1.807) is 11.0 Å². The van der Waals surface area contributed by atoms with Gasteiger partial charge in [0.15, 0.2) is 0 Å². The Balaban J connectivity index is 1.59. The van der Waals surface area contributed by atoms with Crippen LogP contribution in [0.1, 0.15) is 59.2 Å². The summed E-state index contributed by atoms with van der Waals surface area (Å²) in [5.74, 6) is 0.690. The zero-order valence-corrected chi connectivity index (χ0v) is 19.1. The minimum atomic E-state index is -0.514. The summed E-state index contributed by atoms with van der Waals surface area (Å²) >= 11 is 0. The van der Waals surface area contributed by atoms with Crippen molar-refractivity contribution in [2.45, 2.75) is 77.2 Å². The van der Waals surface area contributed by atoms with Gasteiger partial charge in [0.2, 0.25) is 17.6 Å². The van der Waals surface area contributed by atoms with Gasteiger partial charge in [0.1, 0.15) is 23.9 Å². The molecule has 0 bridgehead atoms. The number of rotatable bonds is 5. The van der Waals surface area contributed by atoms with Gasteiger partial charge in [-0.25, -0.2) is 4.79 Å². The van der Waals surface area contributed by atoms with Crippen molar-refractivity contribution in [3.05, 3.63) is 11.9 Å². The molecule has 0 saturated carbocycles. The van der Waals surface area contributed by atoms with Crippen molar-refractivity contribution in [3.63, 3.8) is 0 Å². The van der Waals surface area contributed by atoms with Crippen LogP contribution in [0.25, 0.3) is 0 Å². The summed E-state index contributed by atoms with van der Waals surface area (Å²) in [6.45, 7) is 9.74. The molecule has 0 radical (unpaired) electrons. The quantitative estimate of drug-likeness (QED) is 0.701. The number of likely N-dealkylation sites (tertiary alicyclic amines) is 2. The highest BCUT2D eigenvalue weighted by Gasteiger charge is 2.30. The maximum atomic E-state index is 12.2. The molecule has 2 fully saturated rings. The molecule has 1 aromatic rings. The van der Waals surface area contributed by atoms with Crippen LogP contribution in [-0.4, -0.2) is 76.4 Å². The van der Waals surface area contributed by atoms with Crippen molar-refractivity contribution in [1.29, 1.82) is 5.26 Å². The van der Waals surface area contributed by atoms with Crippen molar-refractivity contribution in [2.24, 2.45) is 0 Å². The highest BCUT2D eigenvalue weighted by atomic mass is 16.6. The average Bonchev–Trinajstić information content (AvgIpc) is 3.13. The fraction of sp³-hybridized carbons (Fsp3) is 0.727. The Hall–Kier alpha value is -2.60. The molecule has 2 atom stereocenters. The number of carbonyl (C=O) groups is 1. The van der Waals surface area contributed by atoms with Crippen LogP contribution < -0.4 is 9.47 Å². The highest BCUT2D eigenvalue weighted by Crippen LogP contribution is 2.25. The molecule has 0 unspecified atom stereocenters. The first-order valence-corrected chi connectivity index (χ1v) is 11.0. The van der Waals surface area contributed by atoms with E-state index in [4.69, 9.17) is 14.2 Å². The molecule has 1 amide bonds. The lowest BCUT2D eigenvalue weighted by molar-refractivity contribution is 0.0122. The van der Waals surface area contributed by atoms with Crippen LogP contribution >= 0.6 is 0 Å². The summed E-state index contributed by atoms with van der Waals surface area (Å²) in [6.07, 6.45) is 3.08. The number of piperidine rings is 1. The minimum absolute atomic E-state index is 0.0191. The first-order valence-electron chi connectivity index (χ1n) is 11.0.